The van der Waals surface area contributed by atoms with Crippen molar-refractivity contribution < 1.29 is 4.79 Å². The van der Waals surface area contributed by atoms with Crippen LogP contribution in [0.5, 0.6) is 0 Å². The van der Waals surface area contributed by atoms with Gasteiger partial charge in [0, 0.05) is 22.3 Å². The van der Waals surface area contributed by atoms with Crippen LogP contribution in [0, 0.1) is 6.92 Å². The van der Waals surface area contributed by atoms with Crippen molar-refractivity contribution in [1.29, 1.82) is 0 Å². The van der Waals surface area contributed by atoms with Crippen LogP contribution >= 0.6 is 23.2 Å². The van der Waals surface area contributed by atoms with Crippen molar-refractivity contribution in [3.05, 3.63) is 63.4 Å². The lowest BCUT2D eigenvalue weighted by molar-refractivity contribution is 0.103. The Morgan fingerprint density at radius 1 is 1.18 bits per heavy atom. The normalized spacial score (nSPS) is 10.3. The molecule has 0 atom stereocenters. The molecule has 0 spiro atoms. The summed E-state index contributed by atoms with van der Waals surface area (Å²) in [5, 5.41) is 0.908. The summed E-state index contributed by atoms with van der Waals surface area (Å²) in [5.41, 5.74) is 1.97. The van der Waals surface area contributed by atoms with Crippen molar-refractivity contribution in [1.82, 2.24) is 4.98 Å². The van der Waals surface area contributed by atoms with E-state index >= 15 is 0 Å². The highest BCUT2D eigenvalue weighted by molar-refractivity contribution is 6.31. The molecule has 0 aliphatic carbocycles. The summed E-state index contributed by atoms with van der Waals surface area (Å²) in [6, 6.07) is 8.48. The van der Waals surface area contributed by atoms with Gasteiger partial charge in [0.15, 0.2) is 5.78 Å². The lowest BCUT2D eigenvalue weighted by atomic mass is 10.0. The van der Waals surface area contributed by atoms with Gasteiger partial charge in [0.1, 0.15) is 5.15 Å². The van der Waals surface area contributed by atoms with Gasteiger partial charge in [-0.2, -0.15) is 0 Å². The Bertz CT molecular complexity index is 564. The third-order valence-corrected chi connectivity index (χ3v) is 2.89. The van der Waals surface area contributed by atoms with Gasteiger partial charge in [0.05, 0.1) is 0 Å². The number of hydrogen-bond acceptors (Lipinski definition) is 2. The molecule has 2 nitrogen and oxygen atoms in total. The standard InChI is InChI=1S/C13H9Cl2NO/c1-8-2-4-10(14)6-11(8)13(17)9-3-5-12(15)16-7-9/h2-7H,1H3. The predicted molar refractivity (Wildman–Crippen MR) is 68.9 cm³/mol. The molecule has 0 radical (unpaired) electrons. The predicted octanol–water partition coefficient (Wildman–Crippen LogP) is 3.93. The first-order valence-electron chi connectivity index (χ1n) is 5.00. The number of aryl methyl sites for hydroxylation is 1. The molecule has 2 rings (SSSR count). The van der Waals surface area contributed by atoms with Gasteiger partial charge in [0.2, 0.25) is 0 Å². The Kier molecular flexibility index (Phi) is 3.46. The van der Waals surface area contributed by atoms with E-state index in [1.54, 1.807) is 24.3 Å². The molecule has 0 saturated heterocycles. The molecule has 4 heteroatoms. The Morgan fingerprint density at radius 3 is 2.59 bits per heavy atom. The quantitative estimate of drug-likeness (QED) is 0.609. The maximum absolute atomic E-state index is 12.2. The Balaban J connectivity index is 2.43. The molecule has 2 aromatic rings. The first kappa shape index (κ1) is 12.1. The van der Waals surface area contributed by atoms with Gasteiger partial charge < -0.3 is 0 Å². The van der Waals surface area contributed by atoms with Crippen LogP contribution in [0.2, 0.25) is 10.2 Å². The lowest BCUT2D eigenvalue weighted by Crippen LogP contribution is -2.04. The number of halogens is 2. The zero-order valence-electron chi connectivity index (χ0n) is 9.08. The van der Waals surface area contributed by atoms with E-state index in [2.05, 4.69) is 4.98 Å². The fourth-order valence-corrected chi connectivity index (χ4v) is 1.79. The number of benzene rings is 1. The average molecular weight is 266 g/mol. The zero-order valence-corrected chi connectivity index (χ0v) is 10.6. The largest absolute Gasteiger partial charge is 0.289 e. The SMILES string of the molecule is Cc1ccc(Cl)cc1C(=O)c1ccc(Cl)nc1. The van der Waals surface area contributed by atoms with Crippen LogP contribution < -0.4 is 0 Å². The minimum Gasteiger partial charge on any atom is -0.289 e. The monoisotopic (exact) mass is 265 g/mol. The molecule has 0 bridgehead atoms. The molecule has 1 heterocycles. The number of carbonyl (C=O) groups is 1. The summed E-state index contributed by atoms with van der Waals surface area (Å²) >= 11 is 11.6. The summed E-state index contributed by atoms with van der Waals surface area (Å²) in [6.45, 7) is 1.87. The Labute approximate surface area is 109 Å². The van der Waals surface area contributed by atoms with E-state index < -0.39 is 0 Å². The van der Waals surface area contributed by atoms with Crippen molar-refractivity contribution >= 4 is 29.0 Å². The van der Waals surface area contributed by atoms with Gasteiger partial charge in [-0.25, -0.2) is 4.98 Å². The second-order valence-corrected chi connectivity index (χ2v) is 4.48. The smallest absolute Gasteiger partial charge is 0.194 e. The summed E-state index contributed by atoms with van der Waals surface area (Å²) in [5.74, 6) is -0.103. The molecule has 0 unspecified atom stereocenters. The number of hydrogen-bond donors (Lipinski definition) is 0. The van der Waals surface area contributed by atoms with Gasteiger partial charge in [-0.1, -0.05) is 29.3 Å². The van der Waals surface area contributed by atoms with Crippen LogP contribution in [0.3, 0.4) is 0 Å². The number of rotatable bonds is 2. The highest BCUT2D eigenvalue weighted by atomic mass is 35.5. The molecule has 0 aliphatic heterocycles. The molecule has 1 aromatic carbocycles. The highest BCUT2D eigenvalue weighted by Crippen LogP contribution is 2.19. The van der Waals surface area contributed by atoms with Gasteiger partial charge in [-0.05, 0) is 36.8 Å². The zero-order chi connectivity index (χ0) is 12.4. The number of ketones is 1. The van der Waals surface area contributed by atoms with Crippen molar-refractivity contribution in [2.75, 3.05) is 0 Å². The maximum atomic E-state index is 12.2. The molecule has 0 aliphatic rings. The first-order chi connectivity index (χ1) is 8.08. The van der Waals surface area contributed by atoms with Crippen molar-refractivity contribution in [2.45, 2.75) is 6.92 Å². The Morgan fingerprint density at radius 2 is 1.94 bits per heavy atom. The van der Waals surface area contributed by atoms with Crippen LogP contribution in [0.25, 0.3) is 0 Å². The first-order valence-corrected chi connectivity index (χ1v) is 5.76. The maximum Gasteiger partial charge on any atom is 0.194 e. The minimum atomic E-state index is -0.103. The van der Waals surface area contributed by atoms with Crippen LogP contribution in [0.4, 0.5) is 0 Å². The summed E-state index contributed by atoms with van der Waals surface area (Å²) in [4.78, 5) is 16.1. The highest BCUT2D eigenvalue weighted by Gasteiger charge is 2.12. The molecular weight excluding hydrogens is 257 g/mol. The van der Waals surface area contributed by atoms with Gasteiger partial charge in [-0.15, -0.1) is 0 Å². The molecule has 0 saturated carbocycles. The second-order valence-electron chi connectivity index (χ2n) is 3.66. The van der Waals surface area contributed by atoms with Gasteiger partial charge in [-0.3, -0.25) is 4.79 Å². The van der Waals surface area contributed by atoms with Crippen LogP contribution in [0.1, 0.15) is 21.5 Å². The summed E-state index contributed by atoms with van der Waals surface area (Å²) in [7, 11) is 0. The van der Waals surface area contributed by atoms with E-state index in [-0.39, 0.29) is 5.78 Å². The van der Waals surface area contributed by atoms with Crippen LogP contribution in [0.15, 0.2) is 36.5 Å². The van der Waals surface area contributed by atoms with E-state index in [0.717, 1.165) is 5.56 Å². The topological polar surface area (TPSA) is 30.0 Å². The number of pyridine rings is 1. The third-order valence-electron chi connectivity index (χ3n) is 2.43. The number of nitrogens with zero attached hydrogens (tertiary/aromatic N) is 1. The summed E-state index contributed by atoms with van der Waals surface area (Å²) < 4.78 is 0. The van der Waals surface area contributed by atoms with E-state index in [0.29, 0.717) is 21.3 Å². The fourth-order valence-electron chi connectivity index (χ4n) is 1.50. The molecule has 86 valence electrons. The van der Waals surface area contributed by atoms with E-state index in [1.165, 1.54) is 6.20 Å². The van der Waals surface area contributed by atoms with Crippen molar-refractivity contribution in [3.63, 3.8) is 0 Å². The molecule has 0 N–H and O–H groups in total. The van der Waals surface area contributed by atoms with Crippen molar-refractivity contribution in [3.8, 4) is 0 Å². The van der Waals surface area contributed by atoms with E-state index in [4.69, 9.17) is 23.2 Å². The second kappa shape index (κ2) is 4.86. The molecule has 0 amide bonds. The number of carbonyl (C=O) groups excluding carboxylic acids is 1. The fraction of sp³-hybridized carbons (Fsp3) is 0.0769. The van der Waals surface area contributed by atoms with E-state index in [1.807, 2.05) is 13.0 Å². The molecule has 0 fully saturated rings. The molecule has 1 aromatic heterocycles. The van der Waals surface area contributed by atoms with Crippen LogP contribution in [-0.2, 0) is 0 Å². The molecule has 17 heavy (non-hydrogen) atoms. The lowest BCUT2D eigenvalue weighted by Gasteiger charge is -2.05. The van der Waals surface area contributed by atoms with Gasteiger partial charge in [0.25, 0.3) is 0 Å². The Hall–Kier alpha value is -1.38. The number of aromatic nitrogens is 1. The third kappa shape index (κ3) is 2.65. The molecular formula is C13H9Cl2NO. The van der Waals surface area contributed by atoms with Crippen LogP contribution in [-0.4, -0.2) is 10.8 Å². The van der Waals surface area contributed by atoms with E-state index in [9.17, 15) is 4.79 Å². The van der Waals surface area contributed by atoms with Crippen molar-refractivity contribution in [2.24, 2.45) is 0 Å². The minimum absolute atomic E-state index is 0.103. The summed E-state index contributed by atoms with van der Waals surface area (Å²) in [6.07, 6.45) is 1.46. The van der Waals surface area contributed by atoms with Gasteiger partial charge >= 0.3 is 0 Å². The average Bonchev–Trinajstić information content (AvgIpc) is 2.32.